The van der Waals surface area contributed by atoms with Crippen molar-refractivity contribution in [3.63, 3.8) is 0 Å². The normalized spacial score (nSPS) is 23.1. The molecule has 2 saturated heterocycles. The van der Waals surface area contributed by atoms with Gasteiger partial charge in [0.2, 0.25) is 5.91 Å². The molecule has 0 aliphatic carbocycles. The molecule has 8 nitrogen and oxygen atoms in total. The first-order valence-corrected chi connectivity index (χ1v) is 11.1. The highest BCUT2D eigenvalue weighted by molar-refractivity contribution is 6.31. The lowest BCUT2D eigenvalue weighted by Gasteiger charge is -2.32. The molecular weight excluding hydrogens is 420 g/mol. The van der Waals surface area contributed by atoms with E-state index in [1.54, 1.807) is 26.8 Å². The second kappa shape index (κ2) is 9.73. The van der Waals surface area contributed by atoms with E-state index in [-0.39, 0.29) is 18.9 Å². The Hall–Kier alpha value is -1.87. The fourth-order valence-electron chi connectivity index (χ4n) is 3.81. The third-order valence-electron chi connectivity index (χ3n) is 5.52. The summed E-state index contributed by atoms with van der Waals surface area (Å²) in [6.45, 7) is 10.2. The highest BCUT2D eigenvalue weighted by Crippen LogP contribution is 2.26. The molecule has 2 N–H and O–H groups in total. The summed E-state index contributed by atoms with van der Waals surface area (Å²) in [6.07, 6.45) is -1.21. The van der Waals surface area contributed by atoms with Gasteiger partial charge in [-0.3, -0.25) is 14.6 Å². The number of amides is 2. The van der Waals surface area contributed by atoms with Gasteiger partial charge in [-0.25, -0.2) is 4.79 Å². The zero-order valence-corrected chi connectivity index (χ0v) is 19.5. The van der Waals surface area contributed by atoms with Gasteiger partial charge in [-0.05, 0) is 45.5 Å². The van der Waals surface area contributed by atoms with Gasteiger partial charge in [0.25, 0.3) is 0 Å². The van der Waals surface area contributed by atoms with Crippen molar-refractivity contribution in [2.24, 2.45) is 0 Å². The number of halogens is 1. The molecule has 0 radical (unpaired) electrons. The van der Waals surface area contributed by atoms with Gasteiger partial charge in [-0.2, -0.15) is 0 Å². The number of hydrogen-bond acceptors (Lipinski definition) is 6. The SMILES string of the molecule is CN1CCN(Cc2ccc(NC(=O)C3CC(O)CN3C(=O)OC(C)(C)C)cc2Cl)CC1. The standard InChI is InChI=1S/C22H33ClN4O4/c1-22(2,3)31-21(30)27-14-17(28)12-19(27)20(29)24-16-6-5-15(18(23)11-16)13-26-9-7-25(4)8-10-26/h5-6,11,17,19,28H,7-10,12-14H2,1-4H3,(H,24,29). The number of nitrogens with one attached hydrogen (secondary N) is 1. The smallest absolute Gasteiger partial charge is 0.411 e. The van der Waals surface area contributed by atoms with Crippen LogP contribution in [0.15, 0.2) is 18.2 Å². The molecule has 0 bridgehead atoms. The van der Waals surface area contributed by atoms with Gasteiger partial charge in [0.1, 0.15) is 11.6 Å². The van der Waals surface area contributed by atoms with Crippen molar-refractivity contribution >= 4 is 29.3 Å². The van der Waals surface area contributed by atoms with E-state index >= 15 is 0 Å². The minimum Gasteiger partial charge on any atom is -0.444 e. The number of carbonyl (C=O) groups excluding carboxylic acids is 2. The van der Waals surface area contributed by atoms with Crippen LogP contribution in [0.4, 0.5) is 10.5 Å². The number of rotatable bonds is 4. The maximum atomic E-state index is 12.9. The Balaban J connectivity index is 1.62. The number of aliphatic hydroxyl groups is 1. The maximum absolute atomic E-state index is 12.9. The van der Waals surface area contributed by atoms with Crippen molar-refractivity contribution in [3.8, 4) is 0 Å². The molecule has 2 unspecified atom stereocenters. The van der Waals surface area contributed by atoms with Crippen LogP contribution in [0.1, 0.15) is 32.8 Å². The van der Waals surface area contributed by atoms with Crippen molar-refractivity contribution in [2.45, 2.75) is 51.5 Å². The minimum absolute atomic E-state index is 0.0672. The van der Waals surface area contributed by atoms with E-state index < -0.39 is 23.8 Å². The number of likely N-dealkylation sites (tertiary alicyclic amines) is 1. The molecule has 2 fully saturated rings. The Morgan fingerprint density at radius 1 is 1.23 bits per heavy atom. The lowest BCUT2D eigenvalue weighted by atomic mass is 10.1. The quantitative estimate of drug-likeness (QED) is 0.729. The molecule has 172 valence electrons. The highest BCUT2D eigenvalue weighted by atomic mass is 35.5. The van der Waals surface area contributed by atoms with Crippen molar-refractivity contribution in [3.05, 3.63) is 28.8 Å². The van der Waals surface area contributed by atoms with Crippen LogP contribution in [-0.4, -0.2) is 89.3 Å². The van der Waals surface area contributed by atoms with Crippen LogP contribution in [0, 0.1) is 0 Å². The first-order chi connectivity index (χ1) is 14.5. The molecule has 31 heavy (non-hydrogen) atoms. The fraction of sp³-hybridized carbons (Fsp3) is 0.636. The highest BCUT2D eigenvalue weighted by Gasteiger charge is 2.41. The number of nitrogens with zero attached hydrogens (tertiary/aromatic N) is 3. The third kappa shape index (κ3) is 6.55. The minimum atomic E-state index is -0.798. The molecule has 2 aliphatic rings. The molecular formula is C22H33ClN4O4. The second-order valence-corrected chi connectivity index (χ2v) is 9.82. The zero-order chi connectivity index (χ0) is 22.8. The van der Waals surface area contributed by atoms with E-state index in [2.05, 4.69) is 22.2 Å². The second-order valence-electron chi connectivity index (χ2n) is 9.41. The lowest BCUT2D eigenvalue weighted by Crippen LogP contribution is -2.45. The van der Waals surface area contributed by atoms with Crippen LogP contribution in [0.25, 0.3) is 0 Å². The van der Waals surface area contributed by atoms with Crippen LogP contribution in [0.2, 0.25) is 5.02 Å². The molecule has 0 spiro atoms. The van der Waals surface area contributed by atoms with Crippen LogP contribution >= 0.6 is 11.6 Å². The summed E-state index contributed by atoms with van der Waals surface area (Å²) in [5.41, 5.74) is 0.886. The number of hydrogen-bond donors (Lipinski definition) is 2. The molecule has 1 aromatic rings. The molecule has 0 aromatic heterocycles. The molecule has 2 aliphatic heterocycles. The van der Waals surface area contributed by atoms with E-state index in [4.69, 9.17) is 16.3 Å². The van der Waals surface area contributed by atoms with E-state index in [0.29, 0.717) is 10.7 Å². The first kappa shape index (κ1) is 23.8. The van der Waals surface area contributed by atoms with E-state index in [9.17, 15) is 14.7 Å². The zero-order valence-electron chi connectivity index (χ0n) is 18.7. The summed E-state index contributed by atoms with van der Waals surface area (Å²) >= 11 is 6.48. The van der Waals surface area contributed by atoms with Gasteiger partial charge >= 0.3 is 6.09 Å². The number of ether oxygens (including phenoxy) is 1. The van der Waals surface area contributed by atoms with Crippen molar-refractivity contribution in [2.75, 3.05) is 45.1 Å². The van der Waals surface area contributed by atoms with E-state index in [1.165, 1.54) is 4.90 Å². The predicted molar refractivity (Wildman–Crippen MR) is 120 cm³/mol. The Morgan fingerprint density at radius 3 is 2.52 bits per heavy atom. The third-order valence-corrected chi connectivity index (χ3v) is 5.87. The summed E-state index contributed by atoms with van der Waals surface area (Å²) in [5, 5.41) is 13.4. The monoisotopic (exact) mass is 452 g/mol. The predicted octanol–water partition coefficient (Wildman–Crippen LogP) is 2.40. The average molecular weight is 453 g/mol. The van der Waals surface area contributed by atoms with Gasteiger partial charge in [0.05, 0.1) is 12.6 Å². The van der Waals surface area contributed by atoms with Gasteiger partial charge in [-0.1, -0.05) is 17.7 Å². The Morgan fingerprint density at radius 2 is 1.90 bits per heavy atom. The topological polar surface area (TPSA) is 85.4 Å². The Kier molecular flexibility index (Phi) is 7.47. The maximum Gasteiger partial charge on any atom is 0.411 e. The number of piperazine rings is 1. The average Bonchev–Trinajstić information content (AvgIpc) is 3.06. The number of benzene rings is 1. The van der Waals surface area contributed by atoms with Crippen molar-refractivity contribution < 1.29 is 19.4 Å². The molecule has 2 amide bonds. The lowest BCUT2D eigenvalue weighted by molar-refractivity contribution is -0.120. The summed E-state index contributed by atoms with van der Waals surface area (Å²) in [4.78, 5) is 31.3. The molecule has 2 heterocycles. The molecule has 9 heteroatoms. The number of likely N-dealkylation sites (N-methyl/N-ethyl adjacent to an activating group) is 1. The molecule has 1 aromatic carbocycles. The van der Waals surface area contributed by atoms with Crippen molar-refractivity contribution in [1.82, 2.24) is 14.7 Å². The fourth-order valence-corrected chi connectivity index (χ4v) is 4.05. The van der Waals surface area contributed by atoms with Crippen LogP contribution in [-0.2, 0) is 16.1 Å². The van der Waals surface area contributed by atoms with Gasteiger partial charge in [-0.15, -0.1) is 0 Å². The van der Waals surface area contributed by atoms with E-state index in [0.717, 1.165) is 38.3 Å². The molecule has 0 saturated carbocycles. The Labute approximate surface area is 189 Å². The molecule has 3 rings (SSSR count). The van der Waals surface area contributed by atoms with E-state index in [1.807, 2.05) is 12.1 Å². The Bertz CT molecular complexity index is 805. The van der Waals surface area contributed by atoms with Crippen LogP contribution in [0.5, 0.6) is 0 Å². The summed E-state index contributed by atoms with van der Waals surface area (Å²) in [7, 11) is 2.12. The summed E-state index contributed by atoms with van der Waals surface area (Å²) in [6, 6.07) is 4.67. The van der Waals surface area contributed by atoms with Crippen LogP contribution in [0.3, 0.4) is 0 Å². The first-order valence-electron chi connectivity index (χ1n) is 10.7. The number of anilines is 1. The number of aliphatic hydroxyl groups excluding tert-OH is 1. The summed E-state index contributed by atoms with van der Waals surface area (Å²) < 4.78 is 5.38. The largest absolute Gasteiger partial charge is 0.444 e. The summed E-state index contributed by atoms with van der Waals surface area (Å²) in [5.74, 6) is -0.370. The number of carbonyl (C=O) groups is 2. The van der Waals surface area contributed by atoms with Gasteiger partial charge in [0, 0.05) is 49.9 Å². The molecule has 2 atom stereocenters. The number of β-amino-alcohol motifs (C(OH)–C–C–N with tert-alkyl or cyclic N) is 1. The van der Waals surface area contributed by atoms with Gasteiger partial charge < -0.3 is 20.1 Å². The van der Waals surface area contributed by atoms with Gasteiger partial charge in [0.15, 0.2) is 0 Å². The van der Waals surface area contributed by atoms with Crippen LogP contribution < -0.4 is 5.32 Å². The van der Waals surface area contributed by atoms with Crippen molar-refractivity contribution in [1.29, 1.82) is 0 Å².